The Labute approximate surface area is 220 Å². The van der Waals surface area contributed by atoms with Crippen LogP contribution in [0.2, 0.25) is 0 Å². The lowest BCUT2D eigenvalue weighted by Gasteiger charge is -2.31. The third kappa shape index (κ3) is 6.87. The van der Waals surface area contributed by atoms with Crippen molar-refractivity contribution in [2.75, 3.05) is 56.7 Å². The Balaban J connectivity index is 1.50. The number of aliphatic imine (C=N–C) groups is 2. The summed E-state index contributed by atoms with van der Waals surface area (Å²) in [5.74, 6) is 1.80. The summed E-state index contributed by atoms with van der Waals surface area (Å²) in [7, 11) is 2.17. The van der Waals surface area contributed by atoms with Gasteiger partial charge in [-0.25, -0.2) is 9.98 Å². The molecule has 1 atom stereocenters. The highest BCUT2D eigenvalue weighted by atomic mass is 16.5. The fourth-order valence-corrected chi connectivity index (χ4v) is 4.80. The predicted octanol–water partition coefficient (Wildman–Crippen LogP) is 5.07. The van der Waals surface area contributed by atoms with Crippen LogP contribution < -0.4 is 10.2 Å². The summed E-state index contributed by atoms with van der Waals surface area (Å²) in [6.45, 7) is 7.88. The van der Waals surface area contributed by atoms with Gasteiger partial charge in [0.15, 0.2) is 0 Å². The van der Waals surface area contributed by atoms with E-state index in [-0.39, 0.29) is 0 Å². The monoisotopic (exact) mass is 499 g/mol. The van der Waals surface area contributed by atoms with Crippen LogP contribution in [0.5, 0.6) is 0 Å². The number of guanidine groups is 1. The van der Waals surface area contributed by atoms with Crippen molar-refractivity contribution >= 4 is 23.0 Å². The van der Waals surface area contributed by atoms with Crippen LogP contribution in [-0.2, 0) is 16.0 Å². The van der Waals surface area contributed by atoms with E-state index < -0.39 is 0 Å². The van der Waals surface area contributed by atoms with Crippen LogP contribution >= 0.6 is 0 Å². The number of hydrogen-bond acceptors (Lipinski definition) is 7. The van der Waals surface area contributed by atoms with Crippen LogP contribution in [0.15, 0.2) is 88.2 Å². The maximum absolute atomic E-state index is 6.21. The predicted molar refractivity (Wildman–Crippen MR) is 152 cm³/mol. The molecule has 1 N–H and O–H groups in total. The lowest BCUT2D eigenvalue weighted by Crippen LogP contribution is -2.37. The van der Waals surface area contributed by atoms with Crippen molar-refractivity contribution in [3.8, 4) is 0 Å². The Morgan fingerprint density at radius 1 is 1.11 bits per heavy atom. The van der Waals surface area contributed by atoms with Crippen molar-refractivity contribution in [2.24, 2.45) is 15.9 Å². The molecule has 6 bridgehead atoms. The number of likely N-dealkylation sites (N-methyl/N-ethyl adjacent to an activating group) is 1. The number of nitrogens with one attached hydrogen (secondary N) is 1. The quantitative estimate of drug-likeness (QED) is 0.547. The zero-order valence-electron chi connectivity index (χ0n) is 21.9. The standard InChI is InChI=1S/C30H37N5O2/c1-23-7-6-14-34(2)21-25-19-26(11-12-29(25)35-15-17-36-18-16-35)32-30-31-13-5-10-28(33-30)24-8-3-4-9-27(20-24)37-22-23/h3,5-9,11-13,19-20,23H,4,10,14-18,21-22H2,1-2H3,(H,31,32)/b7-6+. The molecule has 4 aliphatic rings. The highest BCUT2D eigenvalue weighted by Gasteiger charge is 2.17. The van der Waals surface area contributed by atoms with Gasteiger partial charge in [-0.1, -0.05) is 37.3 Å². The van der Waals surface area contributed by atoms with Gasteiger partial charge in [-0.2, -0.15) is 0 Å². The molecule has 1 aliphatic carbocycles. The summed E-state index contributed by atoms with van der Waals surface area (Å²) in [4.78, 5) is 14.3. The van der Waals surface area contributed by atoms with E-state index in [2.05, 4.69) is 94.8 Å². The summed E-state index contributed by atoms with van der Waals surface area (Å²) >= 11 is 0. The van der Waals surface area contributed by atoms with Crippen LogP contribution in [0, 0.1) is 5.92 Å². The summed E-state index contributed by atoms with van der Waals surface area (Å²) in [5, 5.41) is 3.47. The highest BCUT2D eigenvalue weighted by molar-refractivity contribution is 6.12. The number of ether oxygens (including phenoxy) is 2. The first-order valence-electron chi connectivity index (χ1n) is 13.2. The number of benzene rings is 1. The minimum Gasteiger partial charge on any atom is -0.493 e. The van der Waals surface area contributed by atoms with Gasteiger partial charge >= 0.3 is 0 Å². The largest absolute Gasteiger partial charge is 0.493 e. The van der Waals surface area contributed by atoms with E-state index in [0.29, 0.717) is 24.9 Å². The second-order valence-corrected chi connectivity index (χ2v) is 9.93. The molecule has 5 rings (SSSR count). The van der Waals surface area contributed by atoms with Crippen molar-refractivity contribution in [3.63, 3.8) is 0 Å². The molecule has 1 fully saturated rings. The van der Waals surface area contributed by atoms with E-state index in [4.69, 9.17) is 14.5 Å². The summed E-state index contributed by atoms with van der Waals surface area (Å²) in [6, 6.07) is 6.58. The van der Waals surface area contributed by atoms with Crippen LogP contribution in [0.4, 0.5) is 11.4 Å². The molecule has 0 spiro atoms. The number of nitrogens with zero attached hydrogens (tertiary/aromatic N) is 4. The van der Waals surface area contributed by atoms with Gasteiger partial charge in [0.25, 0.3) is 0 Å². The van der Waals surface area contributed by atoms with Gasteiger partial charge in [0.05, 0.1) is 25.5 Å². The molecule has 1 saturated heterocycles. The number of allylic oxidation sites excluding steroid dienone is 6. The van der Waals surface area contributed by atoms with Gasteiger partial charge < -0.3 is 19.7 Å². The number of fused-ring (bicyclic) bond motifs is 5. The van der Waals surface area contributed by atoms with Crippen LogP contribution in [0.1, 0.15) is 25.3 Å². The van der Waals surface area contributed by atoms with Gasteiger partial charge in [-0.3, -0.25) is 4.90 Å². The number of hydrogen-bond donors (Lipinski definition) is 1. The summed E-state index contributed by atoms with van der Waals surface area (Å²) in [5.41, 5.74) is 5.54. The number of rotatable bonds is 1. The van der Waals surface area contributed by atoms with Gasteiger partial charge in [0.1, 0.15) is 5.76 Å². The zero-order valence-corrected chi connectivity index (χ0v) is 21.9. The molecule has 3 aliphatic heterocycles. The molecule has 1 aromatic rings. The van der Waals surface area contributed by atoms with E-state index in [1.54, 1.807) is 0 Å². The molecule has 0 aromatic heterocycles. The maximum Gasteiger partial charge on any atom is 0.227 e. The molecule has 194 valence electrons. The molecule has 0 radical (unpaired) electrons. The van der Waals surface area contributed by atoms with E-state index in [1.807, 2.05) is 6.20 Å². The first-order valence-corrected chi connectivity index (χ1v) is 13.2. The number of morpholine rings is 1. The van der Waals surface area contributed by atoms with E-state index >= 15 is 0 Å². The smallest absolute Gasteiger partial charge is 0.227 e. The average molecular weight is 500 g/mol. The van der Waals surface area contributed by atoms with Gasteiger partial charge in [-0.05, 0) is 55.0 Å². The minimum atomic E-state index is 0.314. The van der Waals surface area contributed by atoms with Gasteiger partial charge in [0, 0.05) is 56.1 Å². The van der Waals surface area contributed by atoms with Gasteiger partial charge in [0.2, 0.25) is 5.96 Å². The molecule has 0 amide bonds. The minimum absolute atomic E-state index is 0.314. The molecule has 3 heterocycles. The summed E-state index contributed by atoms with van der Waals surface area (Å²) < 4.78 is 11.8. The third-order valence-corrected chi connectivity index (χ3v) is 6.76. The van der Waals surface area contributed by atoms with Crippen LogP contribution in [0.3, 0.4) is 0 Å². The molecule has 7 nitrogen and oxygen atoms in total. The Morgan fingerprint density at radius 2 is 2.00 bits per heavy atom. The lowest BCUT2D eigenvalue weighted by atomic mass is 10.1. The SMILES string of the molecule is CC1/C=C/CN(C)Cc2cc(ccc2N2CCOCC2)NC2=NC=CCC(=N2)C2=CC(=CCC=C2)OC1. The van der Waals surface area contributed by atoms with Crippen molar-refractivity contribution < 1.29 is 9.47 Å². The molecule has 1 unspecified atom stereocenters. The molecule has 1 aromatic carbocycles. The summed E-state index contributed by atoms with van der Waals surface area (Å²) in [6.07, 6.45) is 18.5. The van der Waals surface area contributed by atoms with Crippen molar-refractivity contribution in [1.82, 2.24) is 4.90 Å². The first kappa shape index (κ1) is 25.2. The zero-order chi connectivity index (χ0) is 25.5. The number of anilines is 2. The molecular formula is C30H37N5O2. The second-order valence-electron chi connectivity index (χ2n) is 9.93. The molecule has 7 heteroatoms. The first-order chi connectivity index (χ1) is 18.1. The third-order valence-electron chi connectivity index (χ3n) is 6.76. The molecule has 0 saturated carbocycles. The lowest BCUT2D eigenvalue weighted by molar-refractivity contribution is 0.122. The topological polar surface area (TPSA) is 61.7 Å². The van der Waals surface area contributed by atoms with E-state index in [1.165, 1.54) is 11.3 Å². The van der Waals surface area contributed by atoms with Crippen molar-refractivity contribution in [1.29, 1.82) is 0 Å². The van der Waals surface area contributed by atoms with E-state index in [9.17, 15) is 0 Å². The Bertz CT molecular complexity index is 1180. The molecule has 37 heavy (non-hydrogen) atoms. The Kier molecular flexibility index (Phi) is 8.33. The fourth-order valence-electron chi connectivity index (χ4n) is 4.80. The van der Waals surface area contributed by atoms with Gasteiger partial charge in [-0.15, -0.1) is 0 Å². The maximum atomic E-state index is 6.21. The Hall–Kier alpha value is -3.42. The van der Waals surface area contributed by atoms with Crippen LogP contribution in [0.25, 0.3) is 0 Å². The van der Waals surface area contributed by atoms with Crippen LogP contribution in [-0.4, -0.2) is 63.1 Å². The molecular weight excluding hydrogens is 462 g/mol. The van der Waals surface area contributed by atoms with E-state index in [0.717, 1.165) is 68.5 Å². The normalized spacial score (nSPS) is 24.1. The Morgan fingerprint density at radius 3 is 2.89 bits per heavy atom. The average Bonchev–Trinajstić information content (AvgIpc) is 3.28. The van der Waals surface area contributed by atoms with Crippen molar-refractivity contribution in [2.45, 2.75) is 26.3 Å². The second kappa shape index (κ2) is 12.2. The van der Waals surface area contributed by atoms with Crippen molar-refractivity contribution in [3.05, 3.63) is 83.8 Å². The highest BCUT2D eigenvalue weighted by Crippen LogP contribution is 2.27. The fraction of sp³-hybridized carbons (Fsp3) is 0.400.